The van der Waals surface area contributed by atoms with Crippen molar-refractivity contribution in [1.29, 1.82) is 0 Å². The largest absolute Gasteiger partial charge is 0.446 e. The average molecular weight is 287 g/mol. The smallest absolute Gasteiger partial charge is 0.411 e. The molecule has 1 amide bonds. The highest BCUT2D eigenvalue weighted by atomic mass is 16.6. The Labute approximate surface area is 124 Å². The summed E-state index contributed by atoms with van der Waals surface area (Å²) in [6, 6.07) is 7.44. The number of hydrogen-bond acceptors (Lipinski definition) is 3. The Balaban J connectivity index is 1.48. The van der Waals surface area contributed by atoms with Crippen LogP contribution >= 0.6 is 0 Å². The fourth-order valence-corrected chi connectivity index (χ4v) is 2.76. The van der Waals surface area contributed by atoms with Crippen LogP contribution in [0.15, 0.2) is 24.3 Å². The molecule has 2 fully saturated rings. The number of carbonyl (C=O) groups is 2. The summed E-state index contributed by atoms with van der Waals surface area (Å²) in [5.41, 5.74) is 1.71. The lowest BCUT2D eigenvalue weighted by Gasteiger charge is -2.12. The first kappa shape index (κ1) is 14.1. The predicted molar refractivity (Wildman–Crippen MR) is 80.2 cm³/mol. The summed E-state index contributed by atoms with van der Waals surface area (Å²) in [5, 5.41) is 2.74. The molecule has 0 atom stereocenters. The van der Waals surface area contributed by atoms with Gasteiger partial charge in [-0.25, -0.2) is 4.79 Å². The van der Waals surface area contributed by atoms with E-state index in [1.54, 1.807) is 0 Å². The van der Waals surface area contributed by atoms with E-state index in [1.807, 2.05) is 24.3 Å². The van der Waals surface area contributed by atoms with Crippen LogP contribution in [0.2, 0.25) is 0 Å². The number of amides is 1. The normalized spacial score (nSPS) is 18.5. The molecule has 0 aromatic heterocycles. The summed E-state index contributed by atoms with van der Waals surface area (Å²) in [6.45, 7) is 0. The number of ether oxygens (including phenoxy) is 1. The van der Waals surface area contributed by atoms with Crippen molar-refractivity contribution in [2.75, 3.05) is 5.32 Å². The van der Waals surface area contributed by atoms with Gasteiger partial charge >= 0.3 is 6.09 Å². The highest BCUT2D eigenvalue weighted by molar-refractivity contribution is 5.86. The number of carbonyl (C=O) groups excluding carboxylic acids is 2. The number of benzene rings is 1. The number of ketones is 1. The van der Waals surface area contributed by atoms with Crippen LogP contribution in [0.5, 0.6) is 0 Å². The monoisotopic (exact) mass is 287 g/mol. The van der Waals surface area contributed by atoms with E-state index < -0.39 is 0 Å². The zero-order chi connectivity index (χ0) is 14.7. The van der Waals surface area contributed by atoms with E-state index in [2.05, 4.69) is 5.32 Å². The Hall–Kier alpha value is -1.84. The molecule has 4 heteroatoms. The lowest BCUT2D eigenvalue weighted by molar-refractivity contribution is -0.119. The lowest BCUT2D eigenvalue weighted by Crippen LogP contribution is -2.20. The first-order valence-electron chi connectivity index (χ1n) is 7.80. The number of hydrogen-bond donors (Lipinski definition) is 1. The molecule has 2 saturated carbocycles. The maximum Gasteiger partial charge on any atom is 0.411 e. The van der Waals surface area contributed by atoms with Crippen LogP contribution in [0, 0.1) is 5.92 Å². The Kier molecular flexibility index (Phi) is 4.23. The van der Waals surface area contributed by atoms with Gasteiger partial charge in [0.25, 0.3) is 0 Å². The molecule has 2 aliphatic carbocycles. The van der Waals surface area contributed by atoms with Gasteiger partial charge in [-0.15, -0.1) is 0 Å². The predicted octanol–water partition coefficient (Wildman–Crippen LogP) is 3.70. The third-order valence-corrected chi connectivity index (χ3v) is 4.19. The van der Waals surface area contributed by atoms with Gasteiger partial charge in [0, 0.05) is 18.0 Å². The molecule has 0 heterocycles. The van der Waals surface area contributed by atoms with Gasteiger partial charge in [0.05, 0.1) is 0 Å². The molecular formula is C17H21NO3. The van der Waals surface area contributed by atoms with Gasteiger partial charge in [-0.1, -0.05) is 12.1 Å². The van der Waals surface area contributed by atoms with E-state index >= 15 is 0 Å². The van der Waals surface area contributed by atoms with Gasteiger partial charge in [-0.2, -0.15) is 0 Å². The van der Waals surface area contributed by atoms with E-state index in [4.69, 9.17) is 4.74 Å². The van der Waals surface area contributed by atoms with E-state index in [-0.39, 0.29) is 12.2 Å². The third kappa shape index (κ3) is 4.06. The first-order chi connectivity index (χ1) is 10.2. The fraction of sp³-hybridized carbons (Fsp3) is 0.529. The van der Waals surface area contributed by atoms with E-state index in [0.717, 1.165) is 44.1 Å². The molecule has 0 aliphatic heterocycles. The van der Waals surface area contributed by atoms with Crippen molar-refractivity contribution < 1.29 is 14.3 Å². The topological polar surface area (TPSA) is 55.4 Å². The Morgan fingerprint density at radius 3 is 2.33 bits per heavy atom. The molecule has 0 unspecified atom stereocenters. The Morgan fingerprint density at radius 1 is 1.05 bits per heavy atom. The average Bonchev–Trinajstić information content (AvgIpc) is 3.20. The van der Waals surface area contributed by atoms with Gasteiger partial charge in [0.2, 0.25) is 0 Å². The molecule has 3 rings (SSSR count). The van der Waals surface area contributed by atoms with Gasteiger partial charge in [0.1, 0.15) is 11.9 Å². The van der Waals surface area contributed by atoms with Crippen LogP contribution in [0.1, 0.15) is 44.1 Å². The summed E-state index contributed by atoms with van der Waals surface area (Å²) >= 11 is 0. The summed E-state index contributed by atoms with van der Waals surface area (Å²) in [5.74, 6) is 0.626. The van der Waals surface area contributed by atoms with Gasteiger partial charge < -0.3 is 4.74 Å². The fourth-order valence-electron chi connectivity index (χ4n) is 2.76. The summed E-state index contributed by atoms with van der Waals surface area (Å²) < 4.78 is 5.35. The zero-order valence-electron chi connectivity index (χ0n) is 12.1. The summed E-state index contributed by atoms with van der Waals surface area (Å²) in [6.07, 6.45) is 6.49. The third-order valence-electron chi connectivity index (χ3n) is 4.19. The minimum Gasteiger partial charge on any atom is -0.446 e. The SMILES string of the molecule is O=C(Nc1ccc(CC(=O)C2CC2)cc1)OC1CCCC1. The second kappa shape index (κ2) is 6.29. The molecule has 112 valence electrons. The van der Waals surface area contributed by atoms with Crippen molar-refractivity contribution in [3.63, 3.8) is 0 Å². The zero-order valence-corrected chi connectivity index (χ0v) is 12.1. The molecule has 21 heavy (non-hydrogen) atoms. The molecule has 0 saturated heterocycles. The second-order valence-corrected chi connectivity index (χ2v) is 6.05. The van der Waals surface area contributed by atoms with Crippen molar-refractivity contribution in [2.45, 2.75) is 51.0 Å². The second-order valence-electron chi connectivity index (χ2n) is 6.05. The molecular weight excluding hydrogens is 266 g/mol. The molecule has 0 spiro atoms. The number of Topliss-reactive ketones (excluding diaryl/α,β-unsaturated/α-hetero) is 1. The van der Waals surface area contributed by atoms with Crippen molar-refractivity contribution in [3.8, 4) is 0 Å². The molecule has 1 aromatic rings. The molecule has 4 nitrogen and oxygen atoms in total. The van der Waals surface area contributed by atoms with Crippen molar-refractivity contribution in [2.24, 2.45) is 5.92 Å². The molecule has 2 aliphatic rings. The van der Waals surface area contributed by atoms with Crippen LogP contribution in [-0.4, -0.2) is 18.0 Å². The minimum absolute atomic E-state index is 0.0698. The minimum atomic E-state index is -0.385. The Morgan fingerprint density at radius 2 is 1.71 bits per heavy atom. The molecule has 1 N–H and O–H groups in total. The number of rotatable bonds is 5. The number of nitrogens with one attached hydrogen (secondary N) is 1. The van der Waals surface area contributed by atoms with Crippen molar-refractivity contribution >= 4 is 17.6 Å². The summed E-state index contributed by atoms with van der Waals surface area (Å²) in [4.78, 5) is 23.5. The Bertz CT molecular complexity index is 513. The lowest BCUT2D eigenvalue weighted by atomic mass is 10.1. The van der Waals surface area contributed by atoms with Gasteiger partial charge in [-0.05, 0) is 56.2 Å². The highest BCUT2D eigenvalue weighted by Gasteiger charge is 2.29. The maximum atomic E-state index is 11.7. The van der Waals surface area contributed by atoms with E-state index in [9.17, 15) is 9.59 Å². The van der Waals surface area contributed by atoms with E-state index in [1.165, 1.54) is 0 Å². The highest BCUT2D eigenvalue weighted by Crippen LogP contribution is 2.31. The maximum absolute atomic E-state index is 11.7. The van der Waals surface area contributed by atoms with Gasteiger partial charge in [0.15, 0.2) is 0 Å². The van der Waals surface area contributed by atoms with Crippen molar-refractivity contribution in [1.82, 2.24) is 0 Å². The van der Waals surface area contributed by atoms with Gasteiger partial charge in [-0.3, -0.25) is 10.1 Å². The quantitative estimate of drug-likeness (QED) is 0.898. The summed E-state index contributed by atoms with van der Waals surface area (Å²) in [7, 11) is 0. The molecule has 1 aromatic carbocycles. The van der Waals surface area contributed by atoms with Crippen LogP contribution in [0.3, 0.4) is 0 Å². The van der Waals surface area contributed by atoms with Crippen LogP contribution in [0.25, 0.3) is 0 Å². The van der Waals surface area contributed by atoms with E-state index in [0.29, 0.717) is 23.8 Å². The molecule has 0 bridgehead atoms. The van der Waals surface area contributed by atoms with Crippen LogP contribution in [-0.2, 0) is 16.0 Å². The van der Waals surface area contributed by atoms with Crippen LogP contribution in [0.4, 0.5) is 10.5 Å². The standard InChI is InChI=1S/C17H21NO3/c19-16(13-7-8-13)11-12-5-9-14(10-6-12)18-17(20)21-15-3-1-2-4-15/h5-6,9-10,13,15H,1-4,7-8,11H2,(H,18,20). The first-order valence-corrected chi connectivity index (χ1v) is 7.80. The van der Waals surface area contributed by atoms with Crippen molar-refractivity contribution in [3.05, 3.63) is 29.8 Å². The number of anilines is 1. The van der Waals surface area contributed by atoms with Crippen LogP contribution < -0.4 is 5.32 Å². The molecule has 0 radical (unpaired) electrons.